The van der Waals surface area contributed by atoms with Crippen molar-refractivity contribution in [3.8, 4) is 0 Å². The number of alkyl halides is 1. The van der Waals surface area contributed by atoms with Crippen LogP contribution < -0.4 is 5.32 Å². The van der Waals surface area contributed by atoms with E-state index in [0.717, 1.165) is 12.8 Å². The normalized spacial score (nSPS) is 12.4. The van der Waals surface area contributed by atoms with Gasteiger partial charge in [0.15, 0.2) is 5.69 Å². The zero-order valence-corrected chi connectivity index (χ0v) is 9.42. The van der Waals surface area contributed by atoms with Crippen molar-refractivity contribution >= 4 is 17.5 Å². The van der Waals surface area contributed by atoms with Gasteiger partial charge >= 0.3 is 0 Å². The van der Waals surface area contributed by atoms with Crippen molar-refractivity contribution in [3.63, 3.8) is 0 Å². The molecule has 1 unspecified atom stereocenters. The van der Waals surface area contributed by atoms with Crippen molar-refractivity contribution < 1.29 is 4.79 Å². The number of carbonyl (C=O) groups is 1. The number of rotatable bonds is 6. The summed E-state index contributed by atoms with van der Waals surface area (Å²) in [6.07, 6.45) is 3.32. The molecule has 1 aromatic rings. The van der Waals surface area contributed by atoms with Gasteiger partial charge in [0.1, 0.15) is 0 Å². The molecule has 0 fully saturated rings. The van der Waals surface area contributed by atoms with Crippen LogP contribution in [0.2, 0.25) is 0 Å². The maximum Gasteiger partial charge on any atom is 0.273 e. The molecule has 1 heterocycles. The average Bonchev–Trinajstić information content (AvgIpc) is 2.77. The van der Waals surface area contributed by atoms with Crippen LogP contribution in [0.3, 0.4) is 0 Å². The van der Waals surface area contributed by atoms with Crippen LogP contribution in [0, 0.1) is 5.92 Å². The van der Waals surface area contributed by atoms with Crippen LogP contribution in [-0.2, 0) is 0 Å². The number of hydrogen-bond donors (Lipinski definition) is 2. The summed E-state index contributed by atoms with van der Waals surface area (Å²) in [4.78, 5) is 11.5. The Bertz CT molecular complexity index is 288. The summed E-state index contributed by atoms with van der Waals surface area (Å²) >= 11 is 5.65. The van der Waals surface area contributed by atoms with Crippen molar-refractivity contribution in [1.82, 2.24) is 20.7 Å². The lowest BCUT2D eigenvalue weighted by atomic mass is 10.0. The molecule has 5 nitrogen and oxygen atoms in total. The van der Waals surface area contributed by atoms with E-state index >= 15 is 0 Å². The lowest BCUT2D eigenvalue weighted by Gasteiger charge is -2.13. The number of hydrogen-bond acceptors (Lipinski definition) is 3. The van der Waals surface area contributed by atoms with E-state index in [1.54, 1.807) is 0 Å². The van der Waals surface area contributed by atoms with Gasteiger partial charge in [-0.1, -0.05) is 13.3 Å². The first kappa shape index (κ1) is 12.0. The Morgan fingerprint density at radius 3 is 3.07 bits per heavy atom. The highest BCUT2D eigenvalue weighted by atomic mass is 35.5. The van der Waals surface area contributed by atoms with E-state index in [-0.39, 0.29) is 5.91 Å². The zero-order chi connectivity index (χ0) is 11.1. The largest absolute Gasteiger partial charge is 0.350 e. The molecule has 1 rings (SSSR count). The number of nitrogens with zero attached hydrogens (tertiary/aromatic N) is 2. The minimum atomic E-state index is -0.197. The Morgan fingerprint density at radius 2 is 2.53 bits per heavy atom. The van der Waals surface area contributed by atoms with E-state index < -0.39 is 0 Å². The van der Waals surface area contributed by atoms with Crippen LogP contribution in [0.1, 0.15) is 30.3 Å². The van der Waals surface area contributed by atoms with Gasteiger partial charge in [0, 0.05) is 12.4 Å². The van der Waals surface area contributed by atoms with E-state index in [9.17, 15) is 4.79 Å². The van der Waals surface area contributed by atoms with Gasteiger partial charge in [-0.3, -0.25) is 4.79 Å². The highest BCUT2D eigenvalue weighted by Crippen LogP contribution is 2.07. The average molecular weight is 231 g/mol. The Labute approximate surface area is 93.6 Å². The molecule has 0 aromatic carbocycles. The molecule has 1 atom stereocenters. The van der Waals surface area contributed by atoms with Gasteiger partial charge in [-0.05, 0) is 12.3 Å². The van der Waals surface area contributed by atoms with Crippen LogP contribution in [0.4, 0.5) is 0 Å². The number of H-pyrrole nitrogens is 1. The van der Waals surface area contributed by atoms with Gasteiger partial charge in [0.25, 0.3) is 5.91 Å². The summed E-state index contributed by atoms with van der Waals surface area (Å²) < 4.78 is 0. The molecule has 0 bridgehead atoms. The van der Waals surface area contributed by atoms with E-state index in [1.165, 1.54) is 6.20 Å². The molecule has 2 N–H and O–H groups in total. The number of amides is 1. The molecule has 1 amide bonds. The van der Waals surface area contributed by atoms with Crippen molar-refractivity contribution in [2.45, 2.75) is 19.8 Å². The minimum absolute atomic E-state index is 0.197. The molecule has 84 valence electrons. The van der Waals surface area contributed by atoms with E-state index in [2.05, 4.69) is 27.7 Å². The second kappa shape index (κ2) is 6.40. The number of aromatic nitrogens is 3. The molecule has 15 heavy (non-hydrogen) atoms. The van der Waals surface area contributed by atoms with Gasteiger partial charge in [0.2, 0.25) is 0 Å². The fraction of sp³-hybridized carbons (Fsp3) is 0.667. The third kappa shape index (κ3) is 3.87. The monoisotopic (exact) mass is 230 g/mol. The molecule has 1 aromatic heterocycles. The first-order valence-corrected chi connectivity index (χ1v) is 5.51. The SMILES string of the molecule is CCC(CCCl)CNC(=O)c1cn[nH]n1. The second-order valence-electron chi connectivity index (χ2n) is 3.32. The van der Waals surface area contributed by atoms with Crippen LogP contribution in [0.5, 0.6) is 0 Å². The highest BCUT2D eigenvalue weighted by Gasteiger charge is 2.11. The van der Waals surface area contributed by atoms with Gasteiger partial charge < -0.3 is 5.32 Å². The van der Waals surface area contributed by atoms with E-state index in [4.69, 9.17) is 11.6 Å². The van der Waals surface area contributed by atoms with Crippen LogP contribution in [0.25, 0.3) is 0 Å². The van der Waals surface area contributed by atoms with Crippen molar-refractivity contribution in [3.05, 3.63) is 11.9 Å². The smallest absolute Gasteiger partial charge is 0.273 e. The van der Waals surface area contributed by atoms with Crippen molar-refractivity contribution in [2.75, 3.05) is 12.4 Å². The predicted molar refractivity (Wildman–Crippen MR) is 57.8 cm³/mol. The summed E-state index contributed by atoms with van der Waals surface area (Å²) in [6.45, 7) is 2.72. The molecular formula is C9H15ClN4O. The Kier molecular flexibility index (Phi) is 5.10. The first-order valence-electron chi connectivity index (χ1n) is 4.97. The molecule has 0 aliphatic heterocycles. The number of carbonyl (C=O) groups excluding carboxylic acids is 1. The van der Waals surface area contributed by atoms with E-state index in [0.29, 0.717) is 24.0 Å². The molecule has 0 aliphatic carbocycles. The predicted octanol–water partition coefficient (Wildman–Crippen LogP) is 1.19. The van der Waals surface area contributed by atoms with Gasteiger partial charge in [-0.25, -0.2) is 0 Å². The van der Waals surface area contributed by atoms with Gasteiger partial charge in [-0.2, -0.15) is 15.4 Å². The minimum Gasteiger partial charge on any atom is -0.350 e. The third-order valence-corrected chi connectivity index (χ3v) is 2.51. The summed E-state index contributed by atoms with van der Waals surface area (Å²) in [7, 11) is 0. The van der Waals surface area contributed by atoms with Crippen LogP contribution in [0.15, 0.2) is 6.20 Å². The standard InChI is InChI=1S/C9H15ClN4O/c1-2-7(3-4-10)5-11-9(15)8-6-12-14-13-8/h6-7H,2-5H2,1H3,(H,11,15)(H,12,13,14). The maximum absolute atomic E-state index is 11.5. The maximum atomic E-state index is 11.5. The van der Waals surface area contributed by atoms with Crippen LogP contribution >= 0.6 is 11.6 Å². The highest BCUT2D eigenvalue weighted by molar-refractivity contribution is 6.17. The number of aromatic amines is 1. The molecule has 6 heteroatoms. The summed E-state index contributed by atoms with van der Waals surface area (Å²) in [5.74, 6) is 0.855. The molecule has 0 saturated carbocycles. The molecular weight excluding hydrogens is 216 g/mol. The quantitative estimate of drug-likeness (QED) is 0.722. The van der Waals surface area contributed by atoms with E-state index in [1.807, 2.05) is 0 Å². The zero-order valence-electron chi connectivity index (χ0n) is 8.66. The Hall–Kier alpha value is -1.10. The van der Waals surface area contributed by atoms with Gasteiger partial charge in [0.05, 0.1) is 6.20 Å². The van der Waals surface area contributed by atoms with Crippen molar-refractivity contribution in [2.24, 2.45) is 5.92 Å². The summed E-state index contributed by atoms with van der Waals surface area (Å²) in [5.41, 5.74) is 0.315. The van der Waals surface area contributed by atoms with Gasteiger partial charge in [-0.15, -0.1) is 11.6 Å². The fourth-order valence-electron chi connectivity index (χ4n) is 1.24. The number of nitrogens with one attached hydrogen (secondary N) is 2. The van der Waals surface area contributed by atoms with Crippen molar-refractivity contribution in [1.29, 1.82) is 0 Å². The Morgan fingerprint density at radius 1 is 1.73 bits per heavy atom. The lowest BCUT2D eigenvalue weighted by Crippen LogP contribution is -2.29. The number of halogens is 1. The Balaban J connectivity index is 2.33. The molecule has 0 radical (unpaired) electrons. The molecule has 0 aliphatic rings. The summed E-state index contributed by atoms with van der Waals surface area (Å²) in [6, 6.07) is 0. The lowest BCUT2D eigenvalue weighted by molar-refractivity contribution is 0.0941. The third-order valence-electron chi connectivity index (χ3n) is 2.29. The summed E-state index contributed by atoms with van der Waals surface area (Å²) in [5, 5.41) is 12.5. The van der Waals surface area contributed by atoms with Crippen LogP contribution in [-0.4, -0.2) is 33.7 Å². The fourth-order valence-corrected chi connectivity index (χ4v) is 1.55. The molecule has 0 spiro atoms. The topological polar surface area (TPSA) is 70.7 Å². The second-order valence-corrected chi connectivity index (χ2v) is 3.70. The first-order chi connectivity index (χ1) is 7.27. The molecule has 0 saturated heterocycles.